The lowest BCUT2D eigenvalue weighted by atomic mass is 9.98. The van der Waals surface area contributed by atoms with Gasteiger partial charge in [0.1, 0.15) is 12.6 Å². The topological polar surface area (TPSA) is 52.6 Å². The maximum atomic E-state index is 10.5. The highest BCUT2D eigenvalue weighted by Gasteiger charge is 2.47. The van der Waals surface area contributed by atoms with Gasteiger partial charge in [0.25, 0.3) is 0 Å². The summed E-state index contributed by atoms with van der Waals surface area (Å²) >= 11 is 0. The van der Waals surface area contributed by atoms with Crippen molar-refractivity contribution in [3.8, 4) is 0 Å². The predicted octanol–water partition coefficient (Wildman–Crippen LogP) is -0.586. The second kappa shape index (κ2) is 2.95. The molecule has 2 fully saturated rings. The van der Waals surface area contributed by atoms with E-state index in [2.05, 4.69) is 0 Å². The Balaban J connectivity index is 2.10. The third-order valence-electron chi connectivity index (χ3n) is 2.48. The second-order valence-electron chi connectivity index (χ2n) is 3.20. The van der Waals surface area contributed by atoms with Gasteiger partial charge < -0.3 is 19.1 Å². The van der Waals surface area contributed by atoms with E-state index < -0.39 is 0 Å². The molecule has 0 saturated carbocycles. The molecule has 66 valence electrons. The molecule has 2 rings (SSSR count). The normalized spacial score (nSPS) is 45.7. The molecule has 0 aromatic carbocycles. The summed E-state index contributed by atoms with van der Waals surface area (Å²) in [5.74, 6) is -0.361. The fraction of sp³-hybridized carbons (Fsp3) is 0.750. The Hall–Kier alpha value is -0.740. The molecular weight excluding hydrogens is 160 g/mol. The lowest BCUT2D eigenvalue weighted by Gasteiger charge is -2.09. The molecule has 0 aromatic heterocycles. The fourth-order valence-corrected chi connectivity index (χ4v) is 1.79. The van der Waals surface area contributed by atoms with Crippen LogP contribution in [0.4, 0.5) is 0 Å². The van der Waals surface area contributed by atoms with E-state index in [0.717, 1.165) is 12.6 Å². The quantitative estimate of drug-likeness (QED) is 0.520. The van der Waals surface area contributed by atoms with Crippen LogP contribution in [0.15, 0.2) is 0 Å². The Morgan fingerprint density at radius 1 is 0.917 bits per heavy atom. The lowest BCUT2D eigenvalue weighted by molar-refractivity contribution is -0.114. The van der Waals surface area contributed by atoms with Crippen molar-refractivity contribution in [1.82, 2.24) is 0 Å². The minimum absolute atomic E-state index is 0.181. The summed E-state index contributed by atoms with van der Waals surface area (Å²) < 4.78 is 10.6. The van der Waals surface area contributed by atoms with E-state index in [1.54, 1.807) is 0 Å². The summed E-state index contributed by atoms with van der Waals surface area (Å²) in [6.45, 7) is 0.784. The molecule has 0 bridgehead atoms. The van der Waals surface area contributed by atoms with Crippen LogP contribution in [0, 0.1) is 11.8 Å². The van der Waals surface area contributed by atoms with Gasteiger partial charge in [-0.15, -0.1) is 0 Å². The molecule has 4 nitrogen and oxygen atoms in total. The maximum Gasteiger partial charge on any atom is 0.128 e. The molecule has 4 atom stereocenters. The molecule has 0 N–H and O–H groups in total. The number of carbonyl (C=O) groups is 2. The van der Waals surface area contributed by atoms with Crippen molar-refractivity contribution >= 4 is 12.6 Å². The number of fused-ring (bicyclic) bond motifs is 1. The van der Waals surface area contributed by atoms with Gasteiger partial charge in [-0.25, -0.2) is 0 Å². The monoisotopic (exact) mass is 170 g/mol. The SMILES string of the molecule is O=C[C@@H]1CO[C@H]2[C@@H]1OC[C@@H]2C=O. The van der Waals surface area contributed by atoms with Crippen LogP contribution in [0.1, 0.15) is 0 Å². The molecule has 0 aromatic rings. The van der Waals surface area contributed by atoms with Crippen molar-refractivity contribution in [2.45, 2.75) is 12.2 Å². The number of hydrogen-bond acceptors (Lipinski definition) is 4. The van der Waals surface area contributed by atoms with Crippen molar-refractivity contribution in [3.05, 3.63) is 0 Å². The highest BCUT2D eigenvalue weighted by atomic mass is 16.6. The molecule has 12 heavy (non-hydrogen) atoms. The van der Waals surface area contributed by atoms with Gasteiger partial charge in [0.2, 0.25) is 0 Å². The van der Waals surface area contributed by atoms with Gasteiger partial charge in [-0.3, -0.25) is 0 Å². The van der Waals surface area contributed by atoms with E-state index in [4.69, 9.17) is 9.47 Å². The van der Waals surface area contributed by atoms with Gasteiger partial charge in [0.15, 0.2) is 0 Å². The Kier molecular flexibility index (Phi) is 1.94. The average molecular weight is 170 g/mol. The van der Waals surface area contributed by atoms with Crippen LogP contribution >= 0.6 is 0 Å². The molecule has 0 unspecified atom stereocenters. The zero-order valence-corrected chi connectivity index (χ0v) is 6.51. The van der Waals surface area contributed by atoms with Crippen LogP contribution in [-0.4, -0.2) is 38.0 Å². The fourth-order valence-electron chi connectivity index (χ4n) is 1.79. The van der Waals surface area contributed by atoms with Gasteiger partial charge in [-0.2, -0.15) is 0 Å². The molecular formula is C8H10O4. The summed E-state index contributed by atoms with van der Waals surface area (Å²) in [5.41, 5.74) is 0. The first-order valence-electron chi connectivity index (χ1n) is 4.00. The molecule has 0 aliphatic carbocycles. The van der Waals surface area contributed by atoms with Crippen LogP contribution in [-0.2, 0) is 19.1 Å². The zero-order valence-electron chi connectivity index (χ0n) is 6.51. The van der Waals surface area contributed by atoms with E-state index >= 15 is 0 Å². The third kappa shape index (κ3) is 0.990. The van der Waals surface area contributed by atoms with Crippen molar-refractivity contribution < 1.29 is 19.1 Å². The van der Waals surface area contributed by atoms with E-state index in [1.165, 1.54) is 0 Å². The van der Waals surface area contributed by atoms with Crippen LogP contribution in [0.3, 0.4) is 0 Å². The summed E-state index contributed by atoms with van der Waals surface area (Å²) in [4.78, 5) is 21.0. The molecule has 0 radical (unpaired) electrons. The van der Waals surface area contributed by atoms with Crippen molar-refractivity contribution in [2.24, 2.45) is 11.8 Å². The lowest BCUT2D eigenvalue weighted by Crippen LogP contribution is -2.27. The number of hydrogen-bond donors (Lipinski definition) is 0. The first kappa shape index (κ1) is 7.89. The summed E-state index contributed by atoms with van der Waals surface area (Å²) in [6.07, 6.45) is 1.32. The van der Waals surface area contributed by atoms with Crippen molar-refractivity contribution in [3.63, 3.8) is 0 Å². The minimum atomic E-state index is -0.183. The number of rotatable bonds is 2. The summed E-state index contributed by atoms with van der Waals surface area (Å²) in [6, 6.07) is 0. The predicted molar refractivity (Wildman–Crippen MR) is 38.6 cm³/mol. The molecule has 2 aliphatic rings. The van der Waals surface area contributed by atoms with Crippen LogP contribution in [0.5, 0.6) is 0 Å². The van der Waals surface area contributed by atoms with Gasteiger partial charge in [0, 0.05) is 0 Å². The number of aldehydes is 2. The Morgan fingerprint density at radius 2 is 1.33 bits per heavy atom. The number of carbonyl (C=O) groups excluding carboxylic acids is 2. The Morgan fingerprint density at radius 3 is 1.67 bits per heavy atom. The molecule has 0 spiro atoms. The average Bonchev–Trinajstić information content (AvgIpc) is 2.62. The Bertz CT molecular complexity index is 181. The van der Waals surface area contributed by atoms with Crippen LogP contribution in [0.2, 0.25) is 0 Å². The smallest absolute Gasteiger partial charge is 0.128 e. The highest BCUT2D eigenvalue weighted by Crippen LogP contribution is 2.32. The zero-order chi connectivity index (χ0) is 8.55. The molecule has 4 heteroatoms. The van der Waals surface area contributed by atoms with E-state index in [9.17, 15) is 9.59 Å². The standard InChI is InChI=1S/C8H10O4/c9-1-5-3-11-8-6(2-10)4-12-7(5)8/h1-2,5-8H,3-4H2/t5-,6+,7-,8-/m1/s1. The van der Waals surface area contributed by atoms with Gasteiger partial charge in [-0.1, -0.05) is 0 Å². The first-order valence-corrected chi connectivity index (χ1v) is 4.00. The van der Waals surface area contributed by atoms with Crippen molar-refractivity contribution in [1.29, 1.82) is 0 Å². The molecule has 2 aliphatic heterocycles. The third-order valence-corrected chi connectivity index (χ3v) is 2.48. The van der Waals surface area contributed by atoms with Crippen LogP contribution < -0.4 is 0 Å². The maximum absolute atomic E-state index is 10.5. The molecule has 2 heterocycles. The van der Waals surface area contributed by atoms with E-state index in [0.29, 0.717) is 13.2 Å². The number of ether oxygens (including phenoxy) is 2. The second-order valence-corrected chi connectivity index (χ2v) is 3.20. The van der Waals surface area contributed by atoms with Gasteiger partial charge in [0.05, 0.1) is 37.3 Å². The Labute approximate surface area is 69.8 Å². The summed E-state index contributed by atoms with van der Waals surface area (Å²) in [7, 11) is 0. The summed E-state index contributed by atoms with van der Waals surface area (Å²) in [5, 5.41) is 0. The largest absolute Gasteiger partial charge is 0.374 e. The minimum Gasteiger partial charge on any atom is -0.374 e. The van der Waals surface area contributed by atoms with Gasteiger partial charge in [-0.05, 0) is 0 Å². The first-order chi connectivity index (χ1) is 5.86. The van der Waals surface area contributed by atoms with E-state index in [-0.39, 0.29) is 24.0 Å². The molecule has 0 amide bonds. The van der Waals surface area contributed by atoms with E-state index in [1.807, 2.05) is 0 Å². The van der Waals surface area contributed by atoms with Crippen molar-refractivity contribution in [2.75, 3.05) is 13.2 Å². The van der Waals surface area contributed by atoms with Crippen LogP contribution in [0.25, 0.3) is 0 Å². The molecule has 2 saturated heterocycles. The highest BCUT2D eigenvalue weighted by molar-refractivity contribution is 5.59. The van der Waals surface area contributed by atoms with Gasteiger partial charge >= 0.3 is 0 Å².